The van der Waals surface area contributed by atoms with Crippen LogP contribution in [0.5, 0.6) is 0 Å². The van der Waals surface area contributed by atoms with E-state index in [4.69, 9.17) is 28.9 Å². The van der Waals surface area contributed by atoms with E-state index in [0.717, 1.165) is 31.7 Å². The smallest absolute Gasteiger partial charge is 0.259 e. The Bertz CT molecular complexity index is 1480. The molecule has 10 heteroatoms. The summed E-state index contributed by atoms with van der Waals surface area (Å²) in [7, 11) is 0. The number of carbonyl (C=O) groups excluding carboxylic acids is 3. The first-order valence-electron chi connectivity index (χ1n) is 13.7. The summed E-state index contributed by atoms with van der Waals surface area (Å²) in [5.41, 5.74) is 7.46. The van der Waals surface area contributed by atoms with Crippen molar-refractivity contribution in [1.82, 2.24) is 5.32 Å². The highest BCUT2D eigenvalue weighted by molar-refractivity contribution is 6.35. The molecule has 2 aliphatic rings. The standard InChI is InChI=1S/C31H31Cl2FN4O3/c32-22-8-9-24(25(33)14-22)28-15-29(39)37-26-13-20(30(40)36-17-19-4-1-3-18(11-19)16-35)7-10-27(26)38(28)31(41)21-5-2-6-23(34)12-21/h2,5-10,12-14,18-19,28H,1,3-4,11,15-17,35H2,(H,36,40)(H,37,39). The van der Waals surface area contributed by atoms with Gasteiger partial charge in [0.2, 0.25) is 5.91 Å². The van der Waals surface area contributed by atoms with Crippen molar-refractivity contribution in [3.8, 4) is 0 Å². The van der Waals surface area contributed by atoms with Crippen molar-refractivity contribution in [3.05, 3.63) is 93.2 Å². The normalized spacial score (nSPS) is 20.5. The Hall–Kier alpha value is -3.46. The summed E-state index contributed by atoms with van der Waals surface area (Å²) < 4.78 is 14.1. The number of anilines is 2. The van der Waals surface area contributed by atoms with Crippen LogP contribution in [0.3, 0.4) is 0 Å². The van der Waals surface area contributed by atoms with Crippen molar-refractivity contribution in [2.45, 2.75) is 38.1 Å². The first-order chi connectivity index (χ1) is 19.7. The second-order valence-corrected chi connectivity index (χ2v) is 11.5. The summed E-state index contributed by atoms with van der Waals surface area (Å²) in [6.07, 6.45) is 4.13. The van der Waals surface area contributed by atoms with Gasteiger partial charge in [0.1, 0.15) is 5.82 Å². The Balaban J connectivity index is 1.49. The van der Waals surface area contributed by atoms with E-state index in [1.54, 1.807) is 36.4 Å². The molecule has 1 aliphatic heterocycles. The van der Waals surface area contributed by atoms with Crippen LogP contribution in [0, 0.1) is 17.7 Å². The maximum absolute atomic E-state index is 14.1. The number of nitrogens with zero attached hydrogens (tertiary/aromatic N) is 1. The minimum absolute atomic E-state index is 0.102. The number of carbonyl (C=O) groups is 3. The molecule has 3 aromatic rings. The van der Waals surface area contributed by atoms with Gasteiger partial charge in [0.25, 0.3) is 11.8 Å². The van der Waals surface area contributed by atoms with Crippen LogP contribution in [0.2, 0.25) is 10.0 Å². The summed E-state index contributed by atoms with van der Waals surface area (Å²) >= 11 is 12.7. The van der Waals surface area contributed by atoms with E-state index in [9.17, 15) is 18.8 Å². The third-order valence-corrected chi connectivity index (χ3v) is 8.43. The molecular formula is C31H31Cl2FN4O3. The molecule has 1 fully saturated rings. The van der Waals surface area contributed by atoms with Crippen molar-refractivity contribution in [1.29, 1.82) is 0 Å². The van der Waals surface area contributed by atoms with E-state index in [2.05, 4.69) is 10.6 Å². The third-order valence-electron chi connectivity index (χ3n) is 7.87. The van der Waals surface area contributed by atoms with Gasteiger partial charge >= 0.3 is 0 Å². The third kappa shape index (κ3) is 6.56. The molecule has 0 radical (unpaired) electrons. The maximum Gasteiger partial charge on any atom is 0.259 e. The van der Waals surface area contributed by atoms with Gasteiger partial charge in [0.05, 0.1) is 23.8 Å². The first-order valence-corrected chi connectivity index (χ1v) is 14.4. The Morgan fingerprint density at radius 1 is 1.02 bits per heavy atom. The van der Waals surface area contributed by atoms with Gasteiger partial charge in [-0.15, -0.1) is 0 Å². The lowest BCUT2D eigenvalue weighted by Gasteiger charge is -2.31. The van der Waals surface area contributed by atoms with Crippen molar-refractivity contribution in [2.24, 2.45) is 17.6 Å². The molecule has 0 spiro atoms. The van der Waals surface area contributed by atoms with Gasteiger partial charge in [-0.05, 0) is 91.7 Å². The SMILES string of the molecule is NCC1CCCC(CNC(=O)c2ccc3c(c2)NC(=O)CC(c2ccc(Cl)cc2Cl)N3C(=O)c2cccc(F)c2)C1. The lowest BCUT2D eigenvalue weighted by atomic mass is 9.81. The zero-order chi connectivity index (χ0) is 29.1. The summed E-state index contributed by atoms with van der Waals surface area (Å²) in [5.74, 6) is -0.889. The van der Waals surface area contributed by atoms with Gasteiger partial charge in [-0.25, -0.2) is 4.39 Å². The molecule has 3 unspecified atom stereocenters. The van der Waals surface area contributed by atoms with E-state index in [-0.39, 0.29) is 28.8 Å². The van der Waals surface area contributed by atoms with Crippen molar-refractivity contribution >= 4 is 52.3 Å². The fourth-order valence-corrected chi connectivity index (χ4v) is 6.33. The number of halogens is 3. The van der Waals surface area contributed by atoms with Crippen LogP contribution in [-0.2, 0) is 4.79 Å². The average molecular weight is 598 g/mol. The maximum atomic E-state index is 14.1. The monoisotopic (exact) mass is 596 g/mol. The van der Waals surface area contributed by atoms with Crippen LogP contribution < -0.4 is 21.3 Å². The van der Waals surface area contributed by atoms with Gasteiger partial charge in [0.15, 0.2) is 0 Å². The van der Waals surface area contributed by atoms with Crippen LogP contribution in [0.1, 0.15) is 64.4 Å². The number of rotatable bonds is 6. The second-order valence-electron chi connectivity index (χ2n) is 10.7. The van der Waals surface area contributed by atoms with Crippen molar-refractivity contribution < 1.29 is 18.8 Å². The number of benzene rings is 3. The van der Waals surface area contributed by atoms with E-state index >= 15 is 0 Å². The van der Waals surface area contributed by atoms with E-state index < -0.39 is 17.8 Å². The Morgan fingerprint density at radius 3 is 2.59 bits per heavy atom. The Labute approximate surface area is 248 Å². The topological polar surface area (TPSA) is 105 Å². The molecule has 1 saturated carbocycles. The number of amides is 3. The number of hydrogen-bond donors (Lipinski definition) is 3. The zero-order valence-electron chi connectivity index (χ0n) is 22.3. The fraction of sp³-hybridized carbons (Fsp3) is 0.323. The Kier molecular flexibility index (Phi) is 8.92. The highest BCUT2D eigenvalue weighted by atomic mass is 35.5. The molecule has 1 heterocycles. The second kappa shape index (κ2) is 12.6. The van der Waals surface area contributed by atoms with Crippen LogP contribution in [0.25, 0.3) is 0 Å². The minimum Gasteiger partial charge on any atom is -0.352 e. The molecule has 1 aliphatic carbocycles. The number of nitrogens with two attached hydrogens (primary N) is 1. The van der Waals surface area contributed by atoms with Gasteiger partial charge in [-0.2, -0.15) is 0 Å². The molecule has 3 atom stereocenters. The molecule has 0 bridgehead atoms. The summed E-state index contributed by atoms with van der Waals surface area (Å²) in [6, 6.07) is 14.2. The summed E-state index contributed by atoms with van der Waals surface area (Å²) in [5, 5.41) is 6.55. The van der Waals surface area contributed by atoms with Crippen LogP contribution in [-0.4, -0.2) is 30.8 Å². The van der Waals surface area contributed by atoms with Crippen molar-refractivity contribution in [3.63, 3.8) is 0 Å². The van der Waals surface area contributed by atoms with Crippen LogP contribution >= 0.6 is 23.2 Å². The lowest BCUT2D eigenvalue weighted by Crippen LogP contribution is -2.35. The van der Waals surface area contributed by atoms with Gasteiger partial charge in [-0.3, -0.25) is 19.3 Å². The molecule has 3 amide bonds. The predicted molar refractivity (Wildman–Crippen MR) is 159 cm³/mol. The molecule has 4 N–H and O–H groups in total. The highest BCUT2D eigenvalue weighted by Gasteiger charge is 2.36. The Morgan fingerprint density at radius 2 is 1.83 bits per heavy atom. The first kappa shape index (κ1) is 29.0. The average Bonchev–Trinajstić information content (AvgIpc) is 3.10. The van der Waals surface area contributed by atoms with Crippen molar-refractivity contribution in [2.75, 3.05) is 23.3 Å². The van der Waals surface area contributed by atoms with Gasteiger partial charge in [0, 0.05) is 27.7 Å². The van der Waals surface area contributed by atoms with E-state index in [1.807, 2.05) is 0 Å². The molecule has 0 saturated heterocycles. The molecule has 41 heavy (non-hydrogen) atoms. The number of nitrogens with one attached hydrogen (secondary N) is 2. The quantitative estimate of drug-likeness (QED) is 0.308. The fourth-order valence-electron chi connectivity index (χ4n) is 5.80. The van der Waals surface area contributed by atoms with E-state index in [1.165, 1.54) is 23.1 Å². The molecule has 0 aromatic heterocycles. The summed E-state index contributed by atoms with van der Waals surface area (Å²) in [6.45, 7) is 1.20. The lowest BCUT2D eigenvalue weighted by molar-refractivity contribution is -0.116. The molecule has 3 aromatic carbocycles. The van der Waals surface area contributed by atoms with Crippen LogP contribution in [0.4, 0.5) is 15.8 Å². The predicted octanol–water partition coefficient (Wildman–Crippen LogP) is 6.36. The molecule has 7 nitrogen and oxygen atoms in total. The van der Waals surface area contributed by atoms with Gasteiger partial charge < -0.3 is 16.4 Å². The van der Waals surface area contributed by atoms with Crippen LogP contribution in [0.15, 0.2) is 60.7 Å². The zero-order valence-corrected chi connectivity index (χ0v) is 23.9. The molecule has 5 rings (SSSR count). The molecular weight excluding hydrogens is 566 g/mol. The number of fused-ring (bicyclic) bond motifs is 1. The largest absolute Gasteiger partial charge is 0.352 e. The van der Waals surface area contributed by atoms with Gasteiger partial charge in [-0.1, -0.05) is 41.8 Å². The minimum atomic E-state index is -0.821. The number of hydrogen-bond acceptors (Lipinski definition) is 4. The van der Waals surface area contributed by atoms with E-state index in [0.29, 0.717) is 52.4 Å². The summed E-state index contributed by atoms with van der Waals surface area (Å²) in [4.78, 5) is 41.6. The highest BCUT2D eigenvalue weighted by Crippen LogP contribution is 2.42. The molecule has 214 valence electrons.